The number of ether oxygens (including phenoxy) is 2. The van der Waals surface area contributed by atoms with Gasteiger partial charge in [-0.2, -0.15) is 0 Å². The predicted molar refractivity (Wildman–Crippen MR) is 101 cm³/mol. The van der Waals surface area contributed by atoms with E-state index in [2.05, 4.69) is 4.98 Å². The molecule has 0 aliphatic carbocycles. The molecule has 1 atom stereocenters. The summed E-state index contributed by atoms with van der Waals surface area (Å²) in [6.45, 7) is 2.92. The summed E-state index contributed by atoms with van der Waals surface area (Å²) in [7, 11) is 0. The van der Waals surface area contributed by atoms with E-state index in [9.17, 15) is 9.59 Å². The van der Waals surface area contributed by atoms with Crippen LogP contribution in [-0.4, -0.2) is 52.7 Å². The average molecular weight is 388 g/mol. The zero-order valence-electron chi connectivity index (χ0n) is 14.8. The SMILES string of the molecule is Cc1nc(COc2ccccc2C=CC(=O)N2CCOC(C(=O)O)C2)cs1. The van der Waals surface area contributed by atoms with E-state index >= 15 is 0 Å². The van der Waals surface area contributed by atoms with Gasteiger partial charge in [-0.25, -0.2) is 9.78 Å². The molecule has 0 bridgehead atoms. The molecule has 1 aliphatic heterocycles. The Bertz CT molecular complexity index is 848. The van der Waals surface area contributed by atoms with Crippen LogP contribution in [0.5, 0.6) is 5.75 Å². The minimum Gasteiger partial charge on any atom is -0.487 e. The van der Waals surface area contributed by atoms with Gasteiger partial charge in [0.05, 0.1) is 23.9 Å². The second kappa shape index (κ2) is 8.79. The Hall–Kier alpha value is -2.71. The van der Waals surface area contributed by atoms with Crippen molar-refractivity contribution < 1.29 is 24.2 Å². The molecule has 7 nitrogen and oxygen atoms in total. The number of aryl methyl sites for hydroxylation is 1. The van der Waals surface area contributed by atoms with Crippen LogP contribution < -0.4 is 4.74 Å². The summed E-state index contributed by atoms with van der Waals surface area (Å²) in [4.78, 5) is 29.2. The van der Waals surface area contributed by atoms with Gasteiger partial charge < -0.3 is 19.5 Å². The van der Waals surface area contributed by atoms with Gasteiger partial charge in [0.2, 0.25) is 5.91 Å². The maximum atomic E-state index is 12.4. The number of para-hydroxylation sites is 1. The molecule has 1 fully saturated rings. The topological polar surface area (TPSA) is 89.0 Å². The van der Waals surface area contributed by atoms with Crippen molar-refractivity contribution in [1.29, 1.82) is 0 Å². The van der Waals surface area contributed by atoms with E-state index in [0.717, 1.165) is 16.3 Å². The Labute approximate surface area is 160 Å². The fraction of sp³-hybridized carbons (Fsp3) is 0.316. The van der Waals surface area contributed by atoms with E-state index < -0.39 is 12.1 Å². The van der Waals surface area contributed by atoms with Crippen molar-refractivity contribution in [3.8, 4) is 5.75 Å². The van der Waals surface area contributed by atoms with Crippen LogP contribution in [-0.2, 0) is 20.9 Å². The minimum atomic E-state index is -1.06. The van der Waals surface area contributed by atoms with Crippen LogP contribution in [0.4, 0.5) is 0 Å². The molecule has 1 aliphatic rings. The lowest BCUT2D eigenvalue weighted by Crippen LogP contribution is -2.48. The van der Waals surface area contributed by atoms with Crippen LogP contribution in [0.25, 0.3) is 6.08 Å². The number of aliphatic carboxylic acids is 1. The molecule has 0 spiro atoms. The quantitative estimate of drug-likeness (QED) is 0.764. The van der Waals surface area contributed by atoms with Gasteiger partial charge in [0.1, 0.15) is 12.4 Å². The lowest BCUT2D eigenvalue weighted by atomic mass is 10.2. The number of morpholine rings is 1. The summed E-state index contributed by atoms with van der Waals surface area (Å²) in [5, 5.41) is 12.0. The van der Waals surface area contributed by atoms with Crippen LogP contribution >= 0.6 is 11.3 Å². The van der Waals surface area contributed by atoms with Crippen LogP contribution in [0.2, 0.25) is 0 Å². The maximum Gasteiger partial charge on any atom is 0.334 e. The summed E-state index contributed by atoms with van der Waals surface area (Å²) in [6, 6.07) is 7.41. The van der Waals surface area contributed by atoms with Crippen molar-refractivity contribution in [1.82, 2.24) is 9.88 Å². The molecule has 8 heteroatoms. The molecule has 1 N–H and O–H groups in total. The number of aromatic nitrogens is 1. The van der Waals surface area contributed by atoms with Crippen LogP contribution in [0.3, 0.4) is 0 Å². The number of nitrogens with zero attached hydrogens (tertiary/aromatic N) is 2. The Kier molecular flexibility index (Phi) is 6.20. The third-order valence-electron chi connectivity index (χ3n) is 4.02. The number of rotatable bonds is 6. The molecule has 27 heavy (non-hydrogen) atoms. The van der Waals surface area contributed by atoms with Gasteiger partial charge in [0, 0.05) is 23.6 Å². The van der Waals surface area contributed by atoms with E-state index in [1.54, 1.807) is 17.4 Å². The summed E-state index contributed by atoms with van der Waals surface area (Å²) in [5.74, 6) is -0.667. The fourth-order valence-electron chi connectivity index (χ4n) is 2.64. The van der Waals surface area contributed by atoms with Crippen molar-refractivity contribution in [3.63, 3.8) is 0 Å². The highest BCUT2D eigenvalue weighted by molar-refractivity contribution is 7.09. The van der Waals surface area contributed by atoms with Crippen LogP contribution in [0.15, 0.2) is 35.7 Å². The Balaban J connectivity index is 1.64. The maximum absolute atomic E-state index is 12.4. The Morgan fingerprint density at radius 2 is 2.26 bits per heavy atom. The molecule has 142 valence electrons. The van der Waals surface area contributed by atoms with E-state index in [4.69, 9.17) is 14.6 Å². The van der Waals surface area contributed by atoms with Gasteiger partial charge in [0.15, 0.2) is 6.10 Å². The number of amides is 1. The predicted octanol–water partition coefficient (Wildman–Crippen LogP) is 2.36. The Morgan fingerprint density at radius 3 is 3.00 bits per heavy atom. The van der Waals surface area contributed by atoms with Gasteiger partial charge in [-0.3, -0.25) is 4.79 Å². The van der Waals surface area contributed by atoms with Gasteiger partial charge in [-0.05, 0) is 19.1 Å². The van der Waals surface area contributed by atoms with Crippen molar-refractivity contribution in [3.05, 3.63) is 52.0 Å². The number of carboxylic acids is 1. The molecule has 2 aromatic rings. The zero-order valence-corrected chi connectivity index (χ0v) is 15.6. The van der Waals surface area contributed by atoms with Gasteiger partial charge in [-0.15, -0.1) is 11.3 Å². The van der Waals surface area contributed by atoms with Gasteiger partial charge >= 0.3 is 5.97 Å². The van der Waals surface area contributed by atoms with Gasteiger partial charge in [0.25, 0.3) is 0 Å². The standard InChI is InChI=1S/C19H20N2O5S/c1-13-20-15(12-27-13)11-26-16-5-3-2-4-14(16)6-7-18(22)21-8-9-25-17(10-21)19(23)24/h2-7,12,17H,8-11H2,1H3,(H,23,24). The number of carbonyl (C=O) groups is 2. The van der Waals surface area contributed by atoms with Gasteiger partial charge in [-0.1, -0.05) is 18.2 Å². The number of hydrogen-bond acceptors (Lipinski definition) is 6. The van der Waals surface area contributed by atoms with Crippen molar-refractivity contribution in [2.75, 3.05) is 19.7 Å². The molecule has 1 aromatic heterocycles. The first-order valence-electron chi connectivity index (χ1n) is 8.47. The molecule has 1 saturated heterocycles. The summed E-state index contributed by atoms with van der Waals surface area (Å²) >= 11 is 1.57. The van der Waals surface area contributed by atoms with E-state index in [1.165, 1.54) is 11.0 Å². The Morgan fingerprint density at radius 1 is 1.44 bits per heavy atom. The zero-order chi connectivity index (χ0) is 19.2. The van der Waals surface area contributed by atoms with Crippen molar-refractivity contribution >= 4 is 29.3 Å². The fourth-order valence-corrected chi connectivity index (χ4v) is 3.24. The highest BCUT2D eigenvalue weighted by atomic mass is 32.1. The third kappa shape index (κ3) is 5.15. The van der Waals surface area contributed by atoms with Crippen molar-refractivity contribution in [2.45, 2.75) is 19.6 Å². The monoisotopic (exact) mass is 388 g/mol. The lowest BCUT2D eigenvalue weighted by molar-refractivity contribution is -0.158. The molecular formula is C19H20N2O5S. The second-order valence-electron chi connectivity index (χ2n) is 6.00. The highest BCUT2D eigenvalue weighted by Crippen LogP contribution is 2.21. The van der Waals surface area contributed by atoms with E-state index in [0.29, 0.717) is 18.9 Å². The number of benzene rings is 1. The number of thiazole rings is 1. The molecule has 1 aromatic carbocycles. The first-order valence-corrected chi connectivity index (χ1v) is 9.35. The van der Waals surface area contributed by atoms with Crippen LogP contribution in [0.1, 0.15) is 16.3 Å². The third-order valence-corrected chi connectivity index (χ3v) is 4.84. The molecule has 2 heterocycles. The molecule has 1 unspecified atom stereocenters. The first kappa shape index (κ1) is 19.1. The van der Waals surface area contributed by atoms with Crippen LogP contribution in [0, 0.1) is 6.92 Å². The van der Waals surface area contributed by atoms with E-state index in [-0.39, 0.29) is 19.1 Å². The molecule has 0 saturated carbocycles. The smallest absolute Gasteiger partial charge is 0.334 e. The summed E-state index contributed by atoms with van der Waals surface area (Å²) < 4.78 is 11.0. The summed E-state index contributed by atoms with van der Waals surface area (Å²) in [5.41, 5.74) is 1.63. The molecular weight excluding hydrogens is 368 g/mol. The normalized spacial score (nSPS) is 17.2. The summed E-state index contributed by atoms with van der Waals surface area (Å²) in [6.07, 6.45) is 2.13. The van der Waals surface area contributed by atoms with Crippen molar-refractivity contribution in [2.24, 2.45) is 0 Å². The molecule has 3 rings (SSSR count). The lowest BCUT2D eigenvalue weighted by Gasteiger charge is -2.30. The van der Waals surface area contributed by atoms with E-state index in [1.807, 2.05) is 36.6 Å². The highest BCUT2D eigenvalue weighted by Gasteiger charge is 2.27. The molecule has 0 radical (unpaired) electrons. The average Bonchev–Trinajstić information content (AvgIpc) is 3.10. The molecule has 1 amide bonds. The number of carboxylic acid groups (broad SMARTS) is 1. The first-order chi connectivity index (χ1) is 13.0. The minimum absolute atomic E-state index is 0.0415. The second-order valence-corrected chi connectivity index (χ2v) is 7.06. The number of hydrogen-bond donors (Lipinski definition) is 1. The largest absolute Gasteiger partial charge is 0.487 e. The number of carbonyl (C=O) groups excluding carboxylic acids is 1.